The topological polar surface area (TPSA) is 124 Å². The number of halogens is 6. The number of nitrogens with zero attached hydrogens (tertiary/aromatic N) is 4. The predicted molar refractivity (Wildman–Crippen MR) is 115 cm³/mol. The van der Waals surface area contributed by atoms with Crippen molar-refractivity contribution in [1.29, 1.82) is 0 Å². The molecule has 15 heteroatoms. The molecule has 1 aliphatic rings. The first-order valence-electron chi connectivity index (χ1n) is 10.4. The fourth-order valence-electron chi connectivity index (χ4n) is 3.16. The van der Waals surface area contributed by atoms with Gasteiger partial charge in [0.2, 0.25) is 5.88 Å². The average Bonchev–Trinajstić information content (AvgIpc) is 3.31. The van der Waals surface area contributed by atoms with Crippen molar-refractivity contribution in [2.45, 2.75) is 24.9 Å². The Balaban J connectivity index is 0.000000479. The molecular formula is C22H19F6N5O4. The number of hydrogen-bond donors (Lipinski definition) is 2. The summed E-state index contributed by atoms with van der Waals surface area (Å²) in [6, 6.07) is 10.4. The quantitative estimate of drug-likeness (QED) is 0.479. The summed E-state index contributed by atoms with van der Waals surface area (Å²) in [5.41, 5.74) is 5.01. The van der Waals surface area contributed by atoms with Crippen LogP contribution in [0.4, 0.5) is 26.3 Å². The van der Waals surface area contributed by atoms with E-state index < -0.39 is 24.0 Å². The molecular weight excluding hydrogens is 512 g/mol. The molecule has 9 nitrogen and oxygen atoms in total. The van der Waals surface area contributed by atoms with Gasteiger partial charge in [-0.3, -0.25) is 9.48 Å². The van der Waals surface area contributed by atoms with Crippen molar-refractivity contribution >= 4 is 11.9 Å². The van der Waals surface area contributed by atoms with Crippen LogP contribution in [0.1, 0.15) is 27.7 Å². The number of carbonyl (C=O) groups excluding carboxylic acids is 1. The number of amides is 1. The summed E-state index contributed by atoms with van der Waals surface area (Å²) in [7, 11) is 0. The van der Waals surface area contributed by atoms with Crippen molar-refractivity contribution in [3.63, 3.8) is 0 Å². The Hall–Kier alpha value is -4.14. The Morgan fingerprint density at radius 1 is 1.08 bits per heavy atom. The van der Waals surface area contributed by atoms with Crippen LogP contribution in [0.2, 0.25) is 0 Å². The molecule has 4 rings (SSSR count). The highest BCUT2D eigenvalue weighted by molar-refractivity contribution is 5.95. The van der Waals surface area contributed by atoms with Crippen molar-refractivity contribution < 1.29 is 45.8 Å². The number of nitrogens with two attached hydrogens (primary N) is 1. The van der Waals surface area contributed by atoms with Crippen LogP contribution in [0.3, 0.4) is 0 Å². The molecule has 1 saturated heterocycles. The van der Waals surface area contributed by atoms with E-state index in [0.717, 1.165) is 6.07 Å². The summed E-state index contributed by atoms with van der Waals surface area (Å²) in [5, 5.41) is 11.3. The van der Waals surface area contributed by atoms with Crippen LogP contribution in [-0.2, 0) is 17.5 Å². The van der Waals surface area contributed by atoms with E-state index >= 15 is 0 Å². The maximum Gasteiger partial charge on any atom is 0.490 e. The molecule has 0 saturated carbocycles. The Labute approximate surface area is 205 Å². The van der Waals surface area contributed by atoms with E-state index in [1.807, 2.05) is 12.3 Å². The highest BCUT2D eigenvalue weighted by Gasteiger charge is 2.38. The minimum Gasteiger partial charge on any atom is -0.475 e. The highest BCUT2D eigenvalue weighted by Crippen LogP contribution is 2.32. The first-order chi connectivity index (χ1) is 17.3. The second-order valence-electron chi connectivity index (χ2n) is 7.68. The van der Waals surface area contributed by atoms with Gasteiger partial charge < -0.3 is 20.5 Å². The molecule has 0 atom stereocenters. The molecule has 0 unspecified atom stereocenters. The molecule has 0 spiro atoms. The number of carboxylic acids is 1. The van der Waals surface area contributed by atoms with Gasteiger partial charge in [-0.05, 0) is 35.9 Å². The number of carbonyl (C=O) groups is 2. The predicted octanol–water partition coefficient (Wildman–Crippen LogP) is 3.88. The van der Waals surface area contributed by atoms with E-state index in [9.17, 15) is 31.1 Å². The fraction of sp³-hybridized carbons (Fsp3) is 0.273. The van der Waals surface area contributed by atoms with Crippen LogP contribution in [-0.4, -0.2) is 55.9 Å². The molecule has 1 aliphatic heterocycles. The van der Waals surface area contributed by atoms with Gasteiger partial charge >= 0.3 is 18.3 Å². The van der Waals surface area contributed by atoms with Gasteiger partial charge in [0, 0.05) is 43.7 Å². The third-order valence-electron chi connectivity index (χ3n) is 4.98. The molecule has 1 amide bonds. The Bertz CT molecular complexity index is 1240. The first-order valence-corrected chi connectivity index (χ1v) is 10.4. The third kappa shape index (κ3) is 7.19. The van der Waals surface area contributed by atoms with Crippen LogP contribution in [0.5, 0.6) is 11.6 Å². The van der Waals surface area contributed by atoms with Crippen molar-refractivity contribution in [3.05, 3.63) is 71.7 Å². The molecule has 0 bridgehead atoms. The van der Waals surface area contributed by atoms with Crippen LogP contribution < -0.4 is 10.5 Å². The zero-order valence-corrected chi connectivity index (χ0v) is 18.7. The van der Waals surface area contributed by atoms with E-state index in [4.69, 9.17) is 20.4 Å². The number of aliphatic carboxylic acids is 1. The number of carboxylic acid groups (broad SMARTS) is 1. The maximum absolute atomic E-state index is 13.0. The monoisotopic (exact) mass is 531 g/mol. The zero-order chi connectivity index (χ0) is 27.4. The smallest absolute Gasteiger partial charge is 0.475 e. The van der Waals surface area contributed by atoms with Crippen molar-refractivity contribution in [3.8, 4) is 11.6 Å². The lowest BCUT2D eigenvalue weighted by Gasteiger charge is -2.39. The number of alkyl halides is 6. The van der Waals surface area contributed by atoms with Gasteiger partial charge in [0.15, 0.2) is 0 Å². The molecule has 1 aromatic carbocycles. The summed E-state index contributed by atoms with van der Waals surface area (Å²) >= 11 is 0. The van der Waals surface area contributed by atoms with Gasteiger partial charge in [0.25, 0.3) is 5.91 Å². The summed E-state index contributed by atoms with van der Waals surface area (Å²) in [6.07, 6.45) is -6.18. The Morgan fingerprint density at radius 2 is 1.76 bits per heavy atom. The lowest BCUT2D eigenvalue weighted by molar-refractivity contribution is -0.192. The average molecular weight is 531 g/mol. The SMILES string of the molecule is NCc1cc(Oc2cccc(C(=O)N3CC(n4cccn4)C3)c2)nc(C(F)(F)F)c1.O=C(O)C(F)(F)F. The molecule has 198 valence electrons. The van der Waals surface area contributed by atoms with Gasteiger partial charge in [-0.25, -0.2) is 9.78 Å². The van der Waals surface area contributed by atoms with E-state index in [-0.39, 0.29) is 35.7 Å². The number of pyridine rings is 1. The molecule has 3 N–H and O–H groups in total. The molecule has 0 aliphatic carbocycles. The van der Waals surface area contributed by atoms with E-state index in [1.165, 1.54) is 12.1 Å². The number of rotatable bonds is 5. The number of likely N-dealkylation sites (tertiary alicyclic amines) is 1. The van der Waals surface area contributed by atoms with Crippen molar-refractivity contribution in [2.75, 3.05) is 13.1 Å². The Morgan fingerprint density at radius 3 is 2.30 bits per heavy atom. The lowest BCUT2D eigenvalue weighted by atomic mass is 10.1. The second-order valence-corrected chi connectivity index (χ2v) is 7.68. The second kappa shape index (κ2) is 10.9. The fourth-order valence-corrected chi connectivity index (χ4v) is 3.16. The number of ether oxygens (including phenoxy) is 1. The number of benzene rings is 1. The Kier molecular flexibility index (Phi) is 8.06. The third-order valence-corrected chi connectivity index (χ3v) is 4.98. The van der Waals surface area contributed by atoms with E-state index in [1.54, 1.807) is 34.0 Å². The molecule has 1 fully saturated rings. The van der Waals surface area contributed by atoms with E-state index in [0.29, 0.717) is 18.7 Å². The van der Waals surface area contributed by atoms with Gasteiger partial charge in [-0.2, -0.15) is 31.4 Å². The minimum absolute atomic E-state index is 0.0904. The van der Waals surface area contributed by atoms with Crippen LogP contribution in [0, 0.1) is 0 Å². The normalized spacial score (nSPS) is 13.9. The summed E-state index contributed by atoms with van der Waals surface area (Å²) < 4.78 is 78.2. The summed E-state index contributed by atoms with van der Waals surface area (Å²) in [6.45, 7) is 0.966. The molecule has 3 aromatic rings. The number of hydrogen-bond acceptors (Lipinski definition) is 6. The van der Waals surface area contributed by atoms with Crippen LogP contribution in [0.15, 0.2) is 54.9 Å². The van der Waals surface area contributed by atoms with E-state index in [2.05, 4.69) is 10.1 Å². The van der Waals surface area contributed by atoms with Crippen molar-refractivity contribution in [1.82, 2.24) is 19.7 Å². The van der Waals surface area contributed by atoms with Gasteiger partial charge in [0.1, 0.15) is 11.4 Å². The molecule has 2 aromatic heterocycles. The van der Waals surface area contributed by atoms with Gasteiger partial charge in [0.05, 0.1) is 6.04 Å². The molecule has 0 radical (unpaired) electrons. The first kappa shape index (κ1) is 27.4. The van der Waals surface area contributed by atoms with Crippen LogP contribution >= 0.6 is 0 Å². The van der Waals surface area contributed by atoms with Gasteiger partial charge in [-0.1, -0.05) is 6.07 Å². The number of aromatic nitrogens is 3. The standard InChI is InChI=1S/C20H18F3N5O2.C2HF3O2/c21-20(22,23)17-7-13(10-24)8-18(26-17)30-16-4-1-3-14(9-16)19(29)27-11-15(12-27)28-6-2-5-25-28;3-2(4,5)1(6)7/h1-9,15H,10-12,24H2;(H,6,7). The van der Waals surface area contributed by atoms with Gasteiger partial charge in [-0.15, -0.1) is 0 Å². The molecule has 37 heavy (non-hydrogen) atoms. The maximum atomic E-state index is 13.0. The summed E-state index contributed by atoms with van der Waals surface area (Å²) in [4.78, 5) is 26.8. The zero-order valence-electron chi connectivity index (χ0n) is 18.7. The molecule has 3 heterocycles. The van der Waals surface area contributed by atoms with Crippen LogP contribution in [0.25, 0.3) is 0 Å². The minimum atomic E-state index is -5.08. The van der Waals surface area contributed by atoms with Crippen molar-refractivity contribution in [2.24, 2.45) is 5.73 Å². The summed E-state index contributed by atoms with van der Waals surface area (Å²) in [5.74, 6) is -2.98. The highest BCUT2D eigenvalue weighted by atomic mass is 19.4. The lowest BCUT2D eigenvalue weighted by Crippen LogP contribution is -2.50. The largest absolute Gasteiger partial charge is 0.490 e.